The number of carbonyl (C=O) groups is 1. The molecule has 0 aliphatic rings. The summed E-state index contributed by atoms with van der Waals surface area (Å²) in [6.07, 6.45) is 3.49. The fourth-order valence-corrected chi connectivity index (χ4v) is 1.48. The van der Waals surface area contributed by atoms with E-state index in [0.717, 1.165) is 4.47 Å². The number of nitrogens with zero attached hydrogens (tertiary/aromatic N) is 2. The van der Waals surface area contributed by atoms with Crippen molar-refractivity contribution in [1.82, 2.24) is 15.1 Å². The summed E-state index contributed by atoms with van der Waals surface area (Å²) in [7, 11) is 1.72. The molecule has 1 aromatic heterocycles. The predicted molar refractivity (Wildman–Crippen MR) is 59.4 cm³/mol. The zero-order valence-corrected chi connectivity index (χ0v) is 10.3. The molecule has 1 heterocycles. The lowest BCUT2D eigenvalue weighted by atomic mass is 10.3. The van der Waals surface area contributed by atoms with E-state index in [0.29, 0.717) is 13.2 Å². The van der Waals surface area contributed by atoms with Crippen LogP contribution in [0.1, 0.15) is 6.92 Å². The van der Waals surface area contributed by atoms with Gasteiger partial charge >= 0.3 is 5.97 Å². The Morgan fingerprint density at radius 1 is 1.80 bits per heavy atom. The van der Waals surface area contributed by atoms with E-state index in [1.807, 2.05) is 6.20 Å². The van der Waals surface area contributed by atoms with E-state index in [-0.39, 0.29) is 12.0 Å². The fourth-order valence-electron chi connectivity index (χ4n) is 1.15. The van der Waals surface area contributed by atoms with Crippen molar-refractivity contribution in [3.05, 3.63) is 16.9 Å². The van der Waals surface area contributed by atoms with E-state index < -0.39 is 0 Å². The minimum atomic E-state index is -0.364. The van der Waals surface area contributed by atoms with Crippen molar-refractivity contribution in [2.45, 2.75) is 19.5 Å². The fraction of sp³-hybridized carbons (Fsp3) is 0.556. The summed E-state index contributed by atoms with van der Waals surface area (Å²) in [5.41, 5.74) is 0. The summed E-state index contributed by atoms with van der Waals surface area (Å²) in [5, 5.41) is 6.96. The first-order valence-electron chi connectivity index (χ1n) is 4.69. The number of hydrogen-bond acceptors (Lipinski definition) is 4. The molecule has 0 aliphatic carbocycles. The maximum absolute atomic E-state index is 11.4. The van der Waals surface area contributed by atoms with E-state index in [1.165, 1.54) is 0 Å². The lowest BCUT2D eigenvalue weighted by molar-refractivity contribution is -0.145. The highest BCUT2D eigenvalue weighted by molar-refractivity contribution is 9.10. The van der Waals surface area contributed by atoms with E-state index in [9.17, 15) is 4.79 Å². The maximum Gasteiger partial charge on any atom is 0.325 e. The predicted octanol–water partition coefficient (Wildman–Crippen LogP) is 0.797. The highest BCUT2D eigenvalue weighted by Crippen LogP contribution is 2.06. The molecule has 84 valence electrons. The van der Waals surface area contributed by atoms with Crippen molar-refractivity contribution >= 4 is 21.9 Å². The van der Waals surface area contributed by atoms with Crippen LogP contribution in [-0.4, -0.2) is 35.4 Å². The molecule has 0 saturated heterocycles. The highest BCUT2D eigenvalue weighted by atomic mass is 79.9. The number of carbonyl (C=O) groups excluding carboxylic acids is 1. The number of nitrogens with one attached hydrogen (secondary N) is 1. The van der Waals surface area contributed by atoms with Crippen LogP contribution >= 0.6 is 15.9 Å². The molecule has 0 aromatic carbocycles. The molecule has 5 nitrogen and oxygen atoms in total. The second kappa shape index (κ2) is 5.87. The van der Waals surface area contributed by atoms with Crippen molar-refractivity contribution in [2.24, 2.45) is 0 Å². The van der Waals surface area contributed by atoms with Gasteiger partial charge in [-0.1, -0.05) is 0 Å². The summed E-state index contributed by atoms with van der Waals surface area (Å²) >= 11 is 3.29. The molecule has 0 aliphatic heterocycles. The zero-order valence-electron chi connectivity index (χ0n) is 8.74. The third kappa shape index (κ3) is 3.64. The number of halogens is 1. The first kappa shape index (κ1) is 12.2. The second-order valence-corrected chi connectivity index (χ2v) is 3.89. The Kier molecular flexibility index (Phi) is 4.77. The van der Waals surface area contributed by atoms with Crippen molar-refractivity contribution in [1.29, 1.82) is 0 Å². The van der Waals surface area contributed by atoms with Crippen LogP contribution in [-0.2, 0) is 16.1 Å². The molecule has 1 N–H and O–H groups in total. The lowest BCUT2D eigenvalue weighted by Gasteiger charge is -2.14. The molecule has 0 spiro atoms. The average molecular weight is 276 g/mol. The molecule has 1 unspecified atom stereocenters. The smallest absolute Gasteiger partial charge is 0.325 e. The van der Waals surface area contributed by atoms with Crippen molar-refractivity contribution < 1.29 is 9.53 Å². The van der Waals surface area contributed by atoms with Crippen LogP contribution in [0.3, 0.4) is 0 Å². The van der Waals surface area contributed by atoms with Crippen LogP contribution in [0.15, 0.2) is 16.9 Å². The minimum Gasteiger partial charge on any atom is -0.465 e. The van der Waals surface area contributed by atoms with Crippen LogP contribution in [0.25, 0.3) is 0 Å². The van der Waals surface area contributed by atoms with Gasteiger partial charge in [-0.15, -0.1) is 0 Å². The SMILES string of the molecule is CCOC(=O)C(Cn1cc(Br)cn1)NC. The monoisotopic (exact) mass is 275 g/mol. The van der Waals surface area contributed by atoms with Gasteiger partial charge in [-0.25, -0.2) is 0 Å². The molecule has 0 bridgehead atoms. The largest absolute Gasteiger partial charge is 0.465 e. The van der Waals surface area contributed by atoms with Gasteiger partial charge in [-0.3, -0.25) is 9.48 Å². The Balaban J connectivity index is 2.57. The third-order valence-electron chi connectivity index (χ3n) is 1.89. The number of rotatable bonds is 5. The summed E-state index contributed by atoms with van der Waals surface area (Å²) in [6, 6.07) is -0.364. The van der Waals surface area contributed by atoms with Crippen molar-refractivity contribution in [3.63, 3.8) is 0 Å². The standard InChI is InChI=1S/C9H14BrN3O2/c1-3-15-9(14)8(11-2)6-13-5-7(10)4-12-13/h4-5,8,11H,3,6H2,1-2H3. The van der Waals surface area contributed by atoms with E-state index >= 15 is 0 Å². The molecule has 6 heteroatoms. The number of hydrogen-bond donors (Lipinski definition) is 1. The highest BCUT2D eigenvalue weighted by Gasteiger charge is 2.18. The molecule has 0 radical (unpaired) electrons. The Morgan fingerprint density at radius 3 is 3.00 bits per heavy atom. The molecule has 15 heavy (non-hydrogen) atoms. The quantitative estimate of drug-likeness (QED) is 0.808. The summed E-state index contributed by atoms with van der Waals surface area (Å²) in [4.78, 5) is 11.4. The second-order valence-electron chi connectivity index (χ2n) is 2.97. The van der Waals surface area contributed by atoms with Crippen LogP contribution in [0.4, 0.5) is 0 Å². The number of aromatic nitrogens is 2. The summed E-state index contributed by atoms with van der Waals surface area (Å²) in [6.45, 7) is 2.63. The number of ether oxygens (including phenoxy) is 1. The molecular weight excluding hydrogens is 262 g/mol. The zero-order chi connectivity index (χ0) is 11.3. The van der Waals surface area contributed by atoms with Gasteiger partial charge in [-0.05, 0) is 29.9 Å². The normalized spacial score (nSPS) is 12.5. The van der Waals surface area contributed by atoms with E-state index in [1.54, 1.807) is 24.9 Å². The first-order valence-corrected chi connectivity index (χ1v) is 5.48. The first-order chi connectivity index (χ1) is 7.17. The minimum absolute atomic E-state index is 0.258. The third-order valence-corrected chi connectivity index (χ3v) is 2.30. The molecule has 0 amide bonds. The van der Waals surface area contributed by atoms with Crippen LogP contribution in [0, 0.1) is 0 Å². The van der Waals surface area contributed by atoms with Crippen LogP contribution in [0.5, 0.6) is 0 Å². The van der Waals surface area contributed by atoms with Crippen LogP contribution < -0.4 is 5.32 Å². The van der Waals surface area contributed by atoms with E-state index in [2.05, 4.69) is 26.3 Å². The van der Waals surface area contributed by atoms with Gasteiger partial charge in [0.25, 0.3) is 0 Å². The topological polar surface area (TPSA) is 56.2 Å². The van der Waals surface area contributed by atoms with E-state index in [4.69, 9.17) is 4.74 Å². The number of esters is 1. The van der Waals surface area contributed by atoms with Gasteiger partial charge in [0.2, 0.25) is 0 Å². The Labute approximate surface area is 96.9 Å². The lowest BCUT2D eigenvalue weighted by Crippen LogP contribution is -2.39. The van der Waals surface area contributed by atoms with Gasteiger partial charge in [-0.2, -0.15) is 5.10 Å². The molecule has 0 fully saturated rings. The molecule has 1 rings (SSSR count). The van der Waals surface area contributed by atoms with Crippen molar-refractivity contribution in [3.8, 4) is 0 Å². The van der Waals surface area contributed by atoms with Gasteiger partial charge in [0.1, 0.15) is 6.04 Å². The number of likely N-dealkylation sites (N-methyl/N-ethyl adjacent to an activating group) is 1. The Morgan fingerprint density at radius 2 is 2.53 bits per heavy atom. The molecular formula is C9H14BrN3O2. The van der Waals surface area contributed by atoms with Gasteiger partial charge in [0.05, 0.1) is 23.8 Å². The van der Waals surface area contributed by atoms with Gasteiger partial charge in [0.15, 0.2) is 0 Å². The Bertz CT molecular complexity index is 327. The summed E-state index contributed by atoms with van der Waals surface area (Å²) in [5.74, 6) is -0.258. The van der Waals surface area contributed by atoms with Gasteiger partial charge < -0.3 is 10.1 Å². The average Bonchev–Trinajstić information content (AvgIpc) is 2.61. The Hall–Kier alpha value is -0.880. The molecule has 1 atom stereocenters. The molecule has 0 saturated carbocycles. The summed E-state index contributed by atoms with van der Waals surface area (Å²) < 4.78 is 7.49. The molecule has 1 aromatic rings. The van der Waals surface area contributed by atoms with Crippen LogP contribution in [0.2, 0.25) is 0 Å². The van der Waals surface area contributed by atoms with Gasteiger partial charge in [0, 0.05) is 6.20 Å². The maximum atomic E-state index is 11.4. The van der Waals surface area contributed by atoms with Crippen molar-refractivity contribution in [2.75, 3.05) is 13.7 Å².